The monoisotopic (exact) mass is 261 g/mol. The van der Waals surface area contributed by atoms with E-state index in [1.165, 1.54) is 0 Å². The molecule has 0 aromatic carbocycles. The number of likely N-dealkylation sites (tertiary alicyclic amines) is 1. The van der Waals surface area contributed by atoms with Crippen LogP contribution in [0.2, 0.25) is 0 Å². The Bertz CT molecular complexity index is 263. The minimum Gasteiger partial charge on any atom is -0.372 e. The van der Waals surface area contributed by atoms with Crippen molar-refractivity contribution in [2.24, 2.45) is 5.41 Å². The molecule has 1 heterocycles. The molecular formula is C13H27NO2S. The molecule has 1 fully saturated rings. The van der Waals surface area contributed by atoms with E-state index >= 15 is 0 Å². The lowest BCUT2D eigenvalue weighted by atomic mass is 9.73. The highest BCUT2D eigenvalue weighted by atomic mass is 32.1. The van der Waals surface area contributed by atoms with Gasteiger partial charge in [-0.1, -0.05) is 20.8 Å². The molecule has 17 heavy (non-hydrogen) atoms. The number of hydrogen-bond donors (Lipinski definition) is 0. The van der Waals surface area contributed by atoms with Crippen molar-refractivity contribution >= 4 is 19.4 Å². The summed E-state index contributed by atoms with van der Waals surface area (Å²) in [6.07, 6.45) is 2.19. The second-order valence-electron chi connectivity index (χ2n) is 5.81. The quantitative estimate of drug-likeness (QED) is 0.781. The fraction of sp³-hybridized carbons (Fsp3) is 0.923. The molecule has 102 valence electrons. The summed E-state index contributed by atoms with van der Waals surface area (Å²) in [5.41, 5.74) is 0.0898. The summed E-state index contributed by atoms with van der Waals surface area (Å²) in [5.74, 6) is 0.136. The molecule has 0 spiro atoms. The van der Waals surface area contributed by atoms with Gasteiger partial charge in [-0.05, 0) is 32.1 Å². The highest BCUT2D eigenvalue weighted by Gasteiger charge is 2.47. The van der Waals surface area contributed by atoms with Crippen LogP contribution in [0.5, 0.6) is 0 Å². The molecule has 1 rings (SSSR count). The van der Waals surface area contributed by atoms with Gasteiger partial charge in [-0.3, -0.25) is 4.79 Å². The second-order valence-corrected chi connectivity index (χ2v) is 5.81. The van der Waals surface area contributed by atoms with Gasteiger partial charge >= 0.3 is 0 Å². The van der Waals surface area contributed by atoms with Gasteiger partial charge in [0.2, 0.25) is 5.91 Å². The Morgan fingerprint density at radius 1 is 1.41 bits per heavy atom. The molecule has 0 N–H and O–H groups in total. The van der Waals surface area contributed by atoms with E-state index in [0.717, 1.165) is 19.4 Å². The highest BCUT2D eigenvalue weighted by molar-refractivity contribution is 7.59. The van der Waals surface area contributed by atoms with Crippen molar-refractivity contribution in [3.63, 3.8) is 0 Å². The standard InChI is InChI=1S/C13H25NO2.H2S/c1-6-16-10-11(15)14-9-7-8-13(14,5)12(2,3)4;/h6-10H2,1-5H3;1H2/t13-;/m0./s1. The van der Waals surface area contributed by atoms with Crippen molar-refractivity contribution in [2.75, 3.05) is 19.8 Å². The Labute approximate surface area is 112 Å². The minimum atomic E-state index is -0.0266. The molecule has 3 nitrogen and oxygen atoms in total. The van der Waals surface area contributed by atoms with Gasteiger partial charge < -0.3 is 9.64 Å². The van der Waals surface area contributed by atoms with E-state index < -0.39 is 0 Å². The number of rotatable bonds is 3. The number of carbonyl (C=O) groups excluding carboxylic acids is 1. The average molecular weight is 261 g/mol. The van der Waals surface area contributed by atoms with Crippen LogP contribution in [0.25, 0.3) is 0 Å². The van der Waals surface area contributed by atoms with E-state index in [1.807, 2.05) is 11.8 Å². The lowest BCUT2D eigenvalue weighted by Gasteiger charge is -2.45. The molecule has 0 aromatic heterocycles. The first kappa shape index (κ1) is 16.8. The summed E-state index contributed by atoms with van der Waals surface area (Å²) in [6, 6.07) is 0. The Kier molecular flexibility index (Phi) is 6.02. The van der Waals surface area contributed by atoms with Crippen molar-refractivity contribution in [1.82, 2.24) is 4.90 Å². The number of amides is 1. The van der Waals surface area contributed by atoms with E-state index in [2.05, 4.69) is 27.7 Å². The van der Waals surface area contributed by atoms with Crippen molar-refractivity contribution in [1.29, 1.82) is 0 Å². The molecule has 0 radical (unpaired) electrons. The van der Waals surface area contributed by atoms with Gasteiger partial charge in [0.15, 0.2) is 0 Å². The Hall–Kier alpha value is -0.220. The van der Waals surface area contributed by atoms with Crippen LogP contribution in [-0.4, -0.2) is 36.1 Å². The van der Waals surface area contributed by atoms with Crippen molar-refractivity contribution in [3.8, 4) is 0 Å². The van der Waals surface area contributed by atoms with Gasteiger partial charge in [-0.15, -0.1) is 0 Å². The zero-order chi connectivity index (χ0) is 12.4. The number of hydrogen-bond acceptors (Lipinski definition) is 2. The SMILES string of the molecule is CCOCC(=O)N1CCC[C@@]1(C)C(C)(C)C.S. The Balaban J connectivity index is 0.00000256. The van der Waals surface area contributed by atoms with E-state index in [1.54, 1.807) is 0 Å². The molecular weight excluding hydrogens is 234 g/mol. The van der Waals surface area contributed by atoms with Gasteiger partial charge in [0.05, 0.1) is 0 Å². The van der Waals surface area contributed by atoms with Crippen LogP contribution < -0.4 is 0 Å². The average Bonchev–Trinajstić information content (AvgIpc) is 2.57. The number of nitrogens with zero attached hydrogens (tertiary/aromatic N) is 1. The molecule has 0 bridgehead atoms. The predicted octanol–water partition coefficient (Wildman–Crippen LogP) is 2.56. The molecule has 1 amide bonds. The zero-order valence-corrected chi connectivity index (χ0v) is 12.8. The molecule has 0 saturated carbocycles. The largest absolute Gasteiger partial charge is 0.372 e. The summed E-state index contributed by atoms with van der Waals surface area (Å²) >= 11 is 0. The topological polar surface area (TPSA) is 29.5 Å². The maximum atomic E-state index is 12.1. The van der Waals surface area contributed by atoms with Gasteiger partial charge in [0, 0.05) is 18.7 Å². The zero-order valence-electron chi connectivity index (χ0n) is 11.8. The Morgan fingerprint density at radius 2 is 2.00 bits per heavy atom. The lowest BCUT2D eigenvalue weighted by Crippen LogP contribution is -2.54. The number of ether oxygens (including phenoxy) is 1. The molecule has 4 heteroatoms. The third-order valence-corrected chi connectivity index (χ3v) is 3.99. The van der Waals surface area contributed by atoms with Crippen LogP contribution in [0.4, 0.5) is 0 Å². The minimum absolute atomic E-state index is 0. The smallest absolute Gasteiger partial charge is 0.249 e. The summed E-state index contributed by atoms with van der Waals surface area (Å²) in [6.45, 7) is 12.4. The molecule has 0 unspecified atom stereocenters. The maximum Gasteiger partial charge on any atom is 0.249 e. The van der Waals surface area contributed by atoms with Crippen LogP contribution in [-0.2, 0) is 9.53 Å². The first-order chi connectivity index (χ1) is 7.33. The second kappa shape index (κ2) is 6.10. The summed E-state index contributed by atoms with van der Waals surface area (Å²) in [7, 11) is 0. The predicted molar refractivity (Wildman–Crippen MR) is 75.7 cm³/mol. The summed E-state index contributed by atoms with van der Waals surface area (Å²) < 4.78 is 5.22. The molecule has 1 aliphatic heterocycles. The van der Waals surface area contributed by atoms with Gasteiger partial charge in [0.25, 0.3) is 0 Å². The van der Waals surface area contributed by atoms with E-state index in [4.69, 9.17) is 4.74 Å². The third kappa shape index (κ3) is 3.38. The van der Waals surface area contributed by atoms with Crippen molar-refractivity contribution in [2.45, 2.75) is 53.0 Å². The number of carbonyl (C=O) groups is 1. The lowest BCUT2D eigenvalue weighted by molar-refractivity contribution is -0.143. The van der Waals surface area contributed by atoms with Crippen molar-refractivity contribution < 1.29 is 9.53 Å². The third-order valence-electron chi connectivity index (χ3n) is 3.99. The van der Waals surface area contributed by atoms with Gasteiger partial charge in [-0.2, -0.15) is 13.5 Å². The van der Waals surface area contributed by atoms with Crippen LogP contribution in [0.1, 0.15) is 47.5 Å². The first-order valence-electron chi connectivity index (χ1n) is 6.21. The molecule has 1 aliphatic rings. The highest BCUT2D eigenvalue weighted by Crippen LogP contribution is 2.43. The summed E-state index contributed by atoms with van der Waals surface area (Å²) in [4.78, 5) is 14.1. The van der Waals surface area contributed by atoms with E-state index in [-0.39, 0.29) is 37.0 Å². The maximum absolute atomic E-state index is 12.1. The molecule has 1 saturated heterocycles. The molecule has 1 atom stereocenters. The van der Waals surface area contributed by atoms with Crippen LogP contribution in [0.3, 0.4) is 0 Å². The summed E-state index contributed by atoms with van der Waals surface area (Å²) in [5, 5.41) is 0. The van der Waals surface area contributed by atoms with Crippen LogP contribution >= 0.6 is 13.5 Å². The first-order valence-corrected chi connectivity index (χ1v) is 6.21. The van der Waals surface area contributed by atoms with E-state index in [0.29, 0.717) is 6.61 Å². The fourth-order valence-corrected chi connectivity index (χ4v) is 2.41. The molecule has 0 aliphatic carbocycles. The van der Waals surface area contributed by atoms with Gasteiger partial charge in [-0.25, -0.2) is 0 Å². The Morgan fingerprint density at radius 3 is 2.47 bits per heavy atom. The van der Waals surface area contributed by atoms with Gasteiger partial charge in [0.1, 0.15) is 6.61 Å². The van der Waals surface area contributed by atoms with Crippen LogP contribution in [0.15, 0.2) is 0 Å². The normalized spacial score (nSPS) is 24.6. The van der Waals surface area contributed by atoms with E-state index in [9.17, 15) is 4.79 Å². The van der Waals surface area contributed by atoms with Crippen LogP contribution in [0, 0.1) is 5.41 Å². The molecule has 0 aromatic rings. The van der Waals surface area contributed by atoms with Crippen molar-refractivity contribution in [3.05, 3.63) is 0 Å². The fourth-order valence-electron chi connectivity index (χ4n) is 2.41.